The van der Waals surface area contributed by atoms with Gasteiger partial charge in [0.2, 0.25) is 0 Å². The van der Waals surface area contributed by atoms with E-state index in [2.05, 4.69) is 32.2 Å². The Kier molecular flexibility index (Phi) is 7.73. The van der Waals surface area contributed by atoms with Crippen molar-refractivity contribution in [1.29, 1.82) is 0 Å². The van der Waals surface area contributed by atoms with Crippen LogP contribution in [0.4, 0.5) is 11.4 Å². The monoisotopic (exact) mass is 580 g/mol. The minimum absolute atomic E-state index is 0.155. The second-order valence-electron chi connectivity index (χ2n) is 11.1. The van der Waals surface area contributed by atoms with Crippen molar-refractivity contribution >= 4 is 40.7 Å². The van der Waals surface area contributed by atoms with Gasteiger partial charge in [0.05, 0.1) is 35.5 Å². The van der Waals surface area contributed by atoms with Gasteiger partial charge in [0.25, 0.3) is 17.7 Å². The average molecular weight is 581 g/mol. The van der Waals surface area contributed by atoms with Crippen molar-refractivity contribution in [2.45, 2.75) is 38.4 Å². The number of Topliss-reactive ketones (excluding diaryl/α,β-unsaturated/α-hetero) is 2. The number of ketones is 2. The van der Waals surface area contributed by atoms with E-state index < -0.39 is 23.8 Å². The molecular weight excluding hydrogens is 548 g/mol. The molecule has 43 heavy (non-hydrogen) atoms. The van der Waals surface area contributed by atoms with Gasteiger partial charge >= 0.3 is 0 Å². The molecule has 1 unspecified atom stereocenters. The van der Waals surface area contributed by atoms with Crippen LogP contribution in [0.5, 0.6) is 0 Å². The third-order valence-electron chi connectivity index (χ3n) is 8.35. The number of anilines is 2. The van der Waals surface area contributed by atoms with Crippen molar-refractivity contribution in [3.05, 3.63) is 88.7 Å². The second kappa shape index (κ2) is 11.8. The smallest absolute Gasteiger partial charge is 0.267 e. The summed E-state index contributed by atoms with van der Waals surface area (Å²) in [7, 11) is 0. The summed E-state index contributed by atoms with van der Waals surface area (Å²) in [6, 6.07) is 16.0. The molecule has 1 aliphatic carbocycles. The Morgan fingerprint density at radius 1 is 0.907 bits per heavy atom. The number of nitrogens with zero attached hydrogens (tertiary/aromatic N) is 4. The molecular formula is C32H32N6O5. The van der Waals surface area contributed by atoms with Gasteiger partial charge in [0.15, 0.2) is 5.78 Å². The number of carbonyl (C=O) groups is 5. The molecule has 1 saturated carbocycles. The summed E-state index contributed by atoms with van der Waals surface area (Å²) >= 11 is 0. The summed E-state index contributed by atoms with van der Waals surface area (Å²) in [4.78, 5) is 71.7. The Labute approximate surface area is 248 Å². The van der Waals surface area contributed by atoms with Gasteiger partial charge in [-0.05, 0) is 41.8 Å². The number of rotatable bonds is 8. The lowest BCUT2D eigenvalue weighted by atomic mass is 9.92. The maximum atomic E-state index is 13.3. The molecule has 3 aromatic rings. The van der Waals surface area contributed by atoms with E-state index in [0.29, 0.717) is 12.2 Å². The van der Waals surface area contributed by atoms with Crippen molar-refractivity contribution in [2.75, 3.05) is 36.4 Å². The quantitative estimate of drug-likeness (QED) is 0.303. The summed E-state index contributed by atoms with van der Waals surface area (Å²) < 4.78 is 0. The van der Waals surface area contributed by atoms with Gasteiger partial charge in [-0.15, -0.1) is 0 Å². The van der Waals surface area contributed by atoms with Crippen LogP contribution >= 0.6 is 0 Å². The molecule has 2 fully saturated rings. The number of fused-ring (bicyclic) bond motifs is 1. The standard InChI is InChI=1S/C32H32N6O5/c33-30(41)26-10-8-22(18-35-26)37-14-12-36(13-15-37)19-21-6-4-20(5-7-21)17-34-25-3-1-2-24-29(25)32(43)38(31(24)42)27-11-9-23(39)16-28(27)40/h1-8,10,18,27,34H,9,11-17,19H2,(H2,33,41). The van der Waals surface area contributed by atoms with E-state index in [1.807, 2.05) is 18.2 Å². The Balaban J connectivity index is 1.04. The topological polar surface area (TPSA) is 146 Å². The molecule has 1 saturated heterocycles. The van der Waals surface area contributed by atoms with Crippen LogP contribution in [-0.4, -0.2) is 76.3 Å². The number of benzene rings is 2. The molecule has 1 atom stereocenters. The Bertz CT molecular complexity index is 1600. The first-order chi connectivity index (χ1) is 20.8. The fourth-order valence-electron chi connectivity index (χ4n) is 5.97. The van der Waals surface area contributed by atoms with E-state index in [9.17, 15) is 24.0 Å². The first-order valence-corrected chi connectivity index (χ1v) is 14.4. The zero-order chi connectivity index (χ0) is 30.1. The summed E-state index contributed by atoms with van der Waals surface area (Å²) in [6.07, 6.45) is 1.82. The summed E-state index contributed by atoms with van der Waals surface area (Å²) in [5, 5.41) is 3.30. The van der Waals surface area contributed by atoms with Gasteiger partial charge in [-0.25, -0.2) is 4.98 Å². The van der Waals surface area contributed by atoms with Gasteiger partial charge in [0, 0.05) is 51.4 Å². The maximum absolute atomic E-state index is 13.3. The molecule has 3 heterocycles. The highest BCUT2D eigenvalue weighted by Crippen LogP contribution is 2.33. The number of pyridine rings is 1. The largest absolute Gasteiger partial charge is 0.380 e. The van der Waals surface area contributed by atoms with Crippen LogP contribution in [0.2, 0.25) is 0 Å². The molecule has 3 aliphatic rings. The molecule has 2 aromatic carbocycles. The van der Waals surface area contributed by atoms with E-state index >= 15 is 0 Å². The van der Waals surface area contributed by atoms with Gasteiger partial charge in [-0.2, -0.15) is 0 Å². The van der Waals surface area contributed by atoms with E-state index in [1.165, 1.54) is 5.56 Å². The first kappa shape index (κ1) is 28.2. The number of hydrogen-bond acceptors (Lipinski definition) is 9. The minimum atomic E-state index is -0.889. The summed E-state index contributed by atoms with van der Waals surface area (Å²) in [5.41, 5.74) is 9.82. The molecule has 2 aliphatic heterocycles. The SMILES string of the molecule is NC(=O)c1ccc(N2CCN(Cc3ccc(CNc4cccc5c4C(=O)N(C4CCC(=O)CC4=O)C5=O)cc3)CC2)cn1. The Hall–Kier alpha value is -4.90. The van der Waals surface area contributed by atoms with Crippen molar-refractivity contribution in [3.63, 3.8) is 0 Å². The number of carbonyl (C=O) groups excluding carboxylic acids is 5. The Morgan fingerprint density at radius 2 is 1.65 bits per heavy atom. The highest BCUT2D eigenvalue weighted by Gasteiger charge is 2.45. The first-order valence-electron chi connectivity index (χ1n) is 14.4. The zero-order valence-corrected chi connectivity index (χ0v) is 23.6. The summed E-state index contributed by atoms with van der Waals surface area (Å²) in [6.45, 7) is 4.78. The zero-order valence-electron chi connectivity index (χ0n) is 23.6. The van der Waals surface area contributed by atoms with Crippen LogP contribution in [0.1, 0.15) is 61.6 Å². The fraction of sp³-hybridized carbons (Fsp3) is 0.312. The van der Waals surface area contributed by atoms with E-state index in [4.69, 9.17) is 5.73 Å². The van der Waals surface area contributed by atoms with Crippen LogP contribution in [0.25, 0.3) is 0 Å². The Morgan fingerprint density at radius 3 is 2.33 bits per heavy atom. The minimum Gasteiger partial charge on any atom is -0.380 e. The van der Waals surface area contributed by atoms with Crippen molar-refractivity contribution in [3.8, 4) is 0 Å². The van der Waals surface area contributed by atoms with Gasteiger partial charge in [-0.3, -0.25) is 33.8 Å². The molecule has 11 nitrogen and oxygen atoms in total. The molecule has 220 valence electrons. The predicted molar refractivity (Wildman–Crippen MR) is 159 cm³/mol. The van der Waals surface area contributed by atoms with Gasteiger partial charge in [-0.1, -0.05) is 30.3 Å². The second-order valence-corrected chi connectivity index (χ2v) is 11.1. The van der Waals surface area contributed by atoms with Crippen LogP contribution in [0.15, 0.2) is 60.8 Å². The number of imide groups is 1. The molecule has 3 amide bonds. The average Bonchev–Trinajstić information content (AvgIpc) is 3.27. The number of hydrogen-bond donors (Lipinski definition) is 2. The molecule has 3 N–H and O–H groups in total. The van der Waals surface area contributed by atoms with Crippen molar-refractivity contribution in [2.24, 2.45) is 5.73 Å². The molecule has 0 spiro atoms. The van der Waals surface area contributed by atoms with Crippen LogP contribution in [-0.2, 0) is 22.7 Å². The molecule has 6 rings (SSSR count). The number of piperazine rings is 1. The fourth-order valence-corrected chi connectivity index (χ4v) is 5.97. The number of aromatic nitrogens is 1. The molecule has 1 aromatic heterocycles. The van der Waals surface area contributed by atoms with Crippen LogP contribution in [0, 0.1) is 0 Å². The predicted octanol–water partition coefficient (Wildman–Crippen LogP) is 2.40. The van der Waals surface area contributed by atoms with Crippen molar-refractivity contribution < 1.29 is 24.0 Å². The van der Waals surface area contributed by atoms with E-state index in [1.54, 1.807) is 30.5 Å². The lowest BCUT2D eigenvalue weighted by Crippen LogP contribution is -2.47. The van der Waals surface area contributed by atoms with E-state index in [-0.39, 0.29) is 47.6 Å². The third kappa shape index (κ3) is 5.76. The molecule has 0 radical (unpaired) electrons. The number of nitrogens with two attached hydrogens (primary N) is 1. The normalized spacial score (nSPS) is 19.1. The van der Waals surface area contributed by atoms with E-state index in [0.717, 1.165) is 48.9 Å². The third-order valence-corrected chi connectivity index (χ3v) is 8.35. The van der Waals surface area contributed by atoms with Gasteiger partial charge < -0.3 is 16.0 Å². The lowest BCUT2D eigenvalue weighted by molar-refractivity contribution is -0.132. The molecule has 11 heteroatoms. The van der Waals surface area contributed by atoms with Gasteiger partial charge in [0.1, 0.15) is 11.5 Å². The number of nitrogens with one attached hydrogen (secondary N) is 1. The van der Waals surface area contributed by atoms with Crippen LogP contribution in [0.3, 0.4) is 0 Å². The molecule has 0 bridgehead atoms. The van der Waals surface area contributed by atoms with Crippen LogP contribution < -0.4 is 16.0 Å². The highest BCUT2D eigenvalue weighted by molar-refractivity contribution is 6.25. The van der Waals surface area contributed by atoms with Crippen molar-refractivity contribution in [1.82, 2.24) is 14.8 Å². The number of primary amides is 1. The highest BCUT2D eigenvalue weighted by atomic mass is 16.2. The number of amides is 3. The lowest BCUT2D eigenvalue weighted by Gasteiger charge is -2.36. The summed E-state index contributed by atoms with van der Waals surface area (Å²) in [5.74, 6) is -2.05. The maximum Gasteiger partial charge on any atom is 0.267 e.